The number of anilines is 1. The molecule has 0 radical (unpaired) electrons. The maximum Gasteiger partial charge on any atom is 0.264 e. The summed E-state index contributed by atoms with van der Waals surface area (Å²) in [5, 5.41) is 3.34. The van der Waals surface area contributed by atoms with E-state index in [4.69, 9.17) is 16.3 Å². The second-order valence-corrected chi connectivity index (χ2v) is 14.0. The summed E-state index contributed by atoms with van der Waals surface area (Å²) in [7, 11) is -4.21. The highest BCUT2D eigenvalue weighted by molar-refractivity contribution is 7.92. The third-order valence-corrected chi connectivity index (χ3v) is 9.11. The van der Waals surface area contributed by atoms with Crippen LogP contribution in [0, 0.1) is 6.92 Å². The summed E-state index contributed by atoms with van der Waals surface area (Å²) in [6, 6.07) is 28.2. The zero-order valence-corrected chi connectivity index (χ0v) is 27.6. The van der Waals surface area contributed by atoms with E-state index in [1.165, 1.54) is 17.0 Å². The van der Waals surface area contributed by atoms with Crippen LogP contribution >= 0.6 is 11.6 Å². The molecular formula is C35H38ClN3O5S. The minimum Gasteiger partial charge on any atom is -0.457 e. The number of benzene rings is 4. The lowest BCUT2D eigenvalue weighted by molar-refractivity contribution is -0.140. The van der Waals surface area contributed by atoms with Gasteiger partial charge in [-0.25, -0.2) is 8.42 Å². The molecule has 2 amide bonds. The summed E-state index contributed by atoms with van der Waals surface area (Å²) in [4.78, 5) is 28.8. The van der Waals surface area contributed by atoms with Gasteiger partial charge < -0.3 is 15.0 Å². The Hall–Kier alpha value is -4.34. The van der Waals surface area contributed by atoms with Crippen molar-refractivity contribution in [3.05, 3.63) is 119 Å². The Balaban J connectivity index is 1.72. The molecular weight excluding hydrogens is 610 g/mol. The van der Waals surface area contributed by atoms with E-state index in [1.54, 1.807) is 67.6 Å². The molecule has 0 fully saturated rings. The van der Waals surface area contributed by atoms with Crippen molar-refractivity contribution in [1.29, 1.82) is 0 Å². The van der Waals surface area contributed by atoms with Gasteiger partial charge in [-0.2, -0.15) is 0 Å². The van der Waals surface area contributed by atoms with Crippen molar-refractivity contribution in [3.63, 3.8) is 0 Å². The normalized spacial score (nSPS) is 12.2. The van der Waals surface area contributed by atoms with Gasteiger partial charge in [-0.15, -0.1) is 0 Å². The highest BCUT2D eigenvalue weighted by atomic mass is 35.5. The Kier molecular flexibility index (Phi) is 10.6. The molecule has 0 saturated carbocycles. The van der Waals surface area contributed by atoms with Gasteiger partial charge in [0.05, 0.1) is 10.6 Å². The van der Waals surface area contributed by atoms with Gasteiger partial charge in [0.25, 0.3) is 10.0 Å². The van der Waals surface area contributed by atoms with Gasteiger partial charge in [-0.3, -0.25) is 13.9 Å². The molecule has 0 saturated heterocycles. The van der Waals surface area contributed by atoms with Crippen LogP contribution in [0.5, 0.6) is 11.5 Å². The average molecular weight is 648 g/mol. The molecule has 1 unspecified atom stereocenters. The lowest BCUT2D eigenvalue weighted by Crippen LogP contribution is -2.54. The number of hydrogen-bond acceptors (Lipinski definition) is 5. The van der Waals surface area contributed by atoms with Crippen LogP contribution < -0.4 is 14.4 Å². The Labute approximate surface area is 270 Å². The Morgan fingerprint density at radius 2 is 1.42 bits per heavy atom. The van der Waals surface area contributed by atoms with Crippen molar-refractivity contribution in [2.45, 2.75) is 57.6 Å². The highest BCUT2D eigenvalue weighted by Gasteiger charge is 2.33. The van der Waals surface area contributed by atoms with E-state index in [9.17, 15) is 18.0 Å². The Morgan fingerprint density at radius 3 is 2.02 bits per heavy atom. The lowest BCUT2D eigenvalue weighted by atomic mass is 10.1. The first-order valence-electron chi connectivity index (χ1n) is 14.5. The zero-order valence-electron chi connectivity index (χ0n) is 26.0. The predicted molar refractivity (Wildman–Crippen MR) is 178 cm³/mol. The van der Waals surface area contributed by atoms with Gasteiger partial charge in [-0.05, 0) is 94.8 Å². The van der Waals surface area contributed by atoms with E-state index in [0.717, 1.165) is 9.87 Å². The lowest BCUT2D eigenvalue weighted by Gasteiger charge is -2.33. The van der Waals surface area contributed by atoms with Crippen molar-refractivity contribution in [3.8, 4) is 11.5 Å². The third-order valence-electron chi connectivity index (χ3n) is 6.96. The van der Waals surface area contributed by atoms with Crippen LogP contribution in [0.2, 0.25) is 5.02 Å². The van der Waals surface area contributed by atoms with Gasteiger partial charge in [0.15, 0.2) is 0 Å². The molecule has 8 nitrogen and oxygen atoms in total. The molecule has 1 atom stereocenters. The first-order valence-corrected chi connectivity index (χ1v) is 16.3. The molecule has 4 aromatic rings. The molecule has 0 aliphatic heterocycles. The number of amides is 2. The fraction of sp³-hybridized carbons (Fsp3) is 0.257. The van der Waals surface area contributed by atoms with Gasteiger partial charge in [-0.1, -0.05) is 65.7 Å². The number of nitrogens with one attached hydrogen (secondary N) is 1. The molecule has 0 aromatic heterocycles. The Bertz CT molecular complexity index is 1720. The van der Waals surface area contributed by atoms with Crippen LogP contribution in [0.1, 0.15) is 38.8 Å². The number of ether oxygens (including phenoxy) is 1. The van der Waals surface area contributed by atoms with Gasteiger partial charge in [0, 0.05) is 17.1 Å². The fourth-order valence-electron chi connectivity index (χ4n) is 4.54. The molecule has 0 aliphatic carbocycles. The van der Waals surface area contributed by atoms with Crippen LogP contribution in [0.25, 0.3) is 0 Å². The summed E-state index contributed by atoms with van der Waals surface area (Å²) in [6.45, 7) is 8.45. The van der Waals surface area contributed by atoms with Crippen molar-refractivity contribution < 1.29 is 22.7 Å². The number of sulfonamides is 1. The molecule has 4 rings (SSSR count). The molecule has 1 N–H and O–H groups in total. The summed E-state index contributed by atoms with van der Waals surface area (Å²) in [5.41, 5.74) is 1.23. The predicted octanol–water partition coefficient (Wildman–Crippen LogP) is 6.97. The molecule has 10 heteroatoms. The number of hydrogen-bond donors (Lipinski definition) is 1. The van der Waals surface area contributed by atoms with Crippen molar-refractivity contribution >= 4 is 39.1 Å². The number of carbonyl (C=O) groups is 2. The number of aryl methyl sites for hydroxylation is 1. The van der Waals surface area contributed by atoms with Gasteiger partial charge in [0.1, 0.15) is 24.1 Å². The standard InChI is InChI=1S/C35H38ClN3O5S/c1-25-15-21-31(22-16-25)45(42,43)39(28-17-19-30(20-18-28)44-29-12-7-6-8-13-29)24-33(40)38(23-27-11-9-10-14-32(27)36)26(2)34(41)37-35(3,4)5/h6-22,26H,23-24H2,1-5H3,(H,37,41). The zero-order chi connectivity index (χ0) is 32.8. The van der Waals surface area contributed by atoms with Gasteiger partial charge in [0.2, 0.25) is 11.8 Å². The molecule has 0 bridgehead atoms. The maximum absolute atomic E-state index is 14.2. The second-order valence-electron chi connectivity index (χ2n) is 11.8. The highest BCUT2D eigenvalue weighted by Crippen LogP contribution is 2.29. The summed E-state index contributed by atoms with van der Waals surface area (Å²) in [5.74, 6) is 0.170. The molecule has 4 aromatic carbocycles. The second kappa shape index (κ2) is 14.2. The van der Waals surface area contributed by atoms with Gasteiger partial charge >= 0.3 is 0 Å². The maximum atomic E-state index is 14.2. The van der Waals surface area contributed by atoms with E-state index < -0.39 is 34.1 Å². The number of para-hydroxylation sites is 1. The van der Waals surface area contributed by atoms with E-state index >= 15 is 0 Å². The smallest absolute Gasteiger partial charge is 0.264 e. The SMILES string of the molecule is Cc1ccc(S(=O)(=O)N(CC(=O)N(Cc2ccccc2Cl)C(C)C(=O)NC(C)(C)C)c2ccc(Oc3ccccc3)cc2)cc1. The minimum atomic E-state index is -4.21. The molecule has 236 valence electrons. The third kappa shape index (κ3) is 8.86. The first-order chi connectivity index (χ1) is 21.2. The van der Waals surface area contributed by atoms with E-state index in [0.29, 0.717) is 22.1 Å². The molecule has 0 aliphatic rings. The minimum absolute atomic E-state index is 0.000487. The number of halogens is 1. The largest absolute Gasteiger partial charge is 0.457 e. The first kappa shape index (κ1) is 33.6. The van der Waals surface area contributed by atoms with Crippen molar-refractivity contribution in [2.24, 2.45) is 0 Å². The molecule has 0 spiro atoms. The summed E-state index contributed by atoms with van der Waals surface area (Å²) in [6.07, 6.45) is 0. The Morgan fingerprint density at radius 1 is 0.844 bits per heavy atom. The summed E-state index contributed by atoms with van der Waals surface area (Å²) >= 11 is 6.45. The van der Waals surface area contributed by atoms with Crippen molar-refractivity contribution in [2.75, 3.05) is 10.8 Å². The summed E-state index contributed by atoms with van der Waals surface area (Å²) < 4.78 is 35.2. The number of nitrogens with zero attached hydrogens (tertiary/aromatic N) is 2. The quantitative estimate of drug-likeness (QED) is 0.190. The van der Waals surface area contributed by atoms with E-state index in [1.807, 2.05) is 58.0 Å². The monoisotopic (exact) mass is 647 g/mol. The van der Waals surface area contributed by atoms with Crippen LogP contribution in [0.3, 0.4) is 0 Å². The fourth-order valence-corrected chi connectivity index (χ4v) is 6.15. The van der Waals surface area contributed by atoms with E-state index in [-0.39, 0.29) is 23.0 Å². The van der Waals surface area contributed by atoms with Crippen LogP contribution in [0.15, 0.2) is 108 Å². The average Bonchev–Trinajstić information content (AvgIpc) is 2.99. The topological polar surface area (TPSA) is 96.0 Å². The number of rotatable bonds is 11. The number of carbonyl (C=O) groups excluding carboxylic acids is 2. The molecule has 0 heterocycles. The molecule has 45 heavy (non-hydrogen) atoms. The van der Waals surface area contributed by atoms with Crippen LogP contribution in [0.4, 0.5) is 5.69 Å². The van der Waals surface area contributed by atoms with Crippen LogP contribution in [-0.4, -0.2) is 43.3 Å². The van der Waals surface area contributed by atoms with Crippen LogP contribution in [-0.2, 0) is 26.2 Å². The van der Waals surface area contributed by atoms with E-state index in [2.05, 4.69) is 5.32 Å². The van der Waals surface area contributed by atoms with Crippen molar-refractivity contribution in [1.82, 2.24) is 10.2 Å².